The molecule has 1 unspecified atom stereocenters. The molecule has 2 rings (SSSR count). The SMILES string of the molecule is CC(C)CNC(=O)C(C)Oc1cccc2c1CCCC2. The molecule has 1 aromatic carbocycles. The van der Waals surface area contributed by atoms with Crippen LogP contribution >= 0.6 is 0 Å². The van der Waals surface area contributed by atoms with Crippen molar-refractivity contribution >= 4 is 5.91 Å². The Bertz CT molecular complexity index is 468. The molecule has 1 amide bonds. The molecule has 3 nitrogen and oxygen atoms in total. The molecule has 0 spiro atoms. The van der Waals surface area contributed by atoms with E-state index >= 15 is 0 Å². The van der Waals surface area contributed by atoms with Gasteiger partial charge < -0.3 is 10.1 Å². The molecule has 0 saturated carbocycles. The summed E-state index contributed by atoms with van der Waals surface area (Å²) in [6.45, 7) is 6.68. The first-order valence-electron chi connectivity index (χ1n) is 7.63. The van der Waals surface area contributed by atoms with E-state index in [1.165, 1.54) is 24.0 Å². The Balaban J connectivity index is 2.01. The van der Waals surface area contributed by atoms with Crippen LogP contribution in [-0.4, -0.2) is 18.6 Å². The topological polar surface area (TPSA) is 38.3 Å². The Morgan fingerprint density at radius 2 is 2.00 bits per heavy atom. The molecule has 0 fully saturated rings. The lowest BCUT2D eigenvalue weighted by Gasteiger charge is -2.22. The predicted molar refractivity (Wildman–Crippen MR) is 81.0 cm³/mol. The highest BCUT2D eigenvalue weighted by atomic mass is 16.5. The summed E-state index contributed by atoms with van der Waals surface area (Å²) in [7, 11) is 0. The van der Waals surface area contributed by atoms with Crippen molar-refractivity contribution in [2.75, 3.05) is 6.54 Å². The van der Waals surface area contributed by atoms with Crippen molar-refractivity contribution in [3.05, 3.63) is 29.3 Å². The largest absolute Gasteiger partial charge is 0.481 e. The number of ether oxygens (including phenoxy) is 1. The third-order valence-electron chi connectivity index (χ3n) is 3.71. The van der Waals surface area contributed by atoms with Crippen molar-refractivity contribution in [1.29, 1.82) is 0 Å². The molecule has 1 atom stereocenters. The van der Waals surface area contributed by atoms with Crippen LogP contribution < -0.4 is 10.1 Å². The lowest BCUT2D eigenvalue weighted by Crippen LogP contribution is -2.38. The minimum Gasteiger partial charge on any atom is -0.481 e. The van der Waals surface area contributed by atoms with Gasteiger partial charge in [-0.05, 0) is 55.7 Å². The van der Waals surface area contributed by atoms with Crippen molar-refractivity contribution in [3.8, 4) is 5.75 Å². The number of hydrogen-bond donors (Lipinski definition) is 1. The minimum absolute atomic E-state index is 0.0351. The Morgan fingerprint density at radius 3 is 2.75 bits per heavy atom. The van der Waals surface area contributed by atoms with Crippen molar-refractivity contribution in [1.82, 2.24) is 5.32 Å². The number of aryl methyl sites for hydroxylation is 1. The van der Waals surface area contributed by atoms with E-state index in [9.17, 15) is 4.79 Å². The molecule has 1 aliphatic carbocycles. The fourth-order valence-electron chi connectivity index (χ4n) is 2.55. The van der Waals surface area contributed by atoms with Crippen LogP contribution in [0.15, 0.2) is 18.2 Å². The molecule has 0 radical (unpaired) electrons. The molecule has 110 valence electrons. The van der Waals surface area contributed by atoms with Gasteiger partial charge in [-0.2, -0.15) is 0 Å². The van der Waals surface area contributed by atoms with Crippen molar-refractivity contribution in [2.45, 2.75) is 52.6 Å². The second-order valence-electron chi connectivity index (χ2n) is 6.00. The van der Waals surface area contributed by atoms with Gasteiger partial charge >= 0.3 is 0 Å². The average molecular weight is 275 g/mol. The molecule has 0 aliphatic heterocycles. The van der Waals surface area contributed by atoms with Crippen LogP contribution in [-0.2, 0) is 17.6 Å². The quantitative estimate of drug-likeness (QED) is 0.896. The average Bonchev–Trinajstić information content (AvgIpc) is 2.45. The van der Waals surface area contributed by atoms with E-state index in [1.54, 1.807) is 0 Å². The van der Waals surface area contributed by atoms with E-state index < -0.39 is 6.10 Å². The van der Waals surface area contributed by atoms with E-state index in [0.717, 1.165) is 18.6 Å². The van der Waals surface area contributed by atoms with E-state index in [-0.39, 0.29) is 5.91 Å². The van der Waals surface area contributed by atoms with Crippen LogP contribution in [0.1, 0.15) is 44.7 Å². The zero-order valence-electron chi connectivity index (χ0n) is 12.7. The zero-order valence-corrected chi connectivity index (χ0v) is 12.7. The molecule has 1 N–H and O–H groups in total. The first-order chi connectivity index (χ1) is 9.58. The van der Waals surface area contributed by atoms with Gasteiger partial charge in [-0.1, -0.05) is 26.0 Å². The van der Waals surface area contributed by atoms with Gasteiger partial charge in [0, 0.05) is 6.54 Å². The van der Waals surface area contributed by atoms with Crippen LogP contribution in [0.3, 0.4) is 0 Å². The number of benzene rings is 1. The summed E-state index contributed by atoms with van der Waals surface area (Å²) in [4.78, 5) is 12.0. The van der Waals surface area contributed by atoms with Gasteiger partial charge in [0.2, 0.25) is 0 Å². The fourth-order valence-corrected chi connectivity index (χ4v) is 2.55. The van der Waals surface area contributed by atoms with E-state index in [1.807, 2.05) is 19.1 Å². The summed E-state index contributed by atoms with van der Waals surface area (Å²) >= 11 is 0. The van der Waals surface area contributed by atoms with Gasteiger partial charge in [-0.3, -0.25) is 4.79 Å². The monoisotopic (exact) mass is 275 g/mol. The van der Waals surface area contributed by atoms with Crippen molar-refractivity contribution < 1.29 is 9.53 Å². The van der Waals surface area contributed by atoms with E-state index in [2.05, 4.69) is 25.2 Å². The number of amides is 1. The molecular weight excluding hydrogens is 250 g/mol. The molecule has 3 heteroatoms. The summed E-state index contributed by atoms with van der Waals surface area (Å²) in [6, 6.07) is 6.18. The summed E-state index contributed by atoms with van der Waals surface area (Å²) in [6.07, 6.45) is 4.20. The Hall–Kier alpha value is -1.51. The second kappa shape index (κ2) is 6.78. The Kier molecular flexibility index (Phi) is 5.05. The zero-order chi connectivity index (χ0) is 14.5. The molecule has 0 saturated heterocycles. The number of carbonyl (C=O) groups is 1. The maximum atomic E-state index is 12.0. The summed E-state index contributed by atoms with van der Waals surface area (Å²) in [5.41, 5.74) is 2.67. The maximum absolute atomic E-state index is 12.0. The molecule has 0 bridgehead atoms. The van der Waals surface area contributed by atoms with E-state index in [4.69, 9.17) is 4.74 Å². The number of hydrogen-bond acceptors (Lipinski definition) is 2. The maximum Gasteiger partial charge on any atom is 0.260 e. The van der Waals surface area contributed by atoms with Gasteiger partial charge in [-0.25, -0.2) is 0 Å². The van der Waals surface area contributed by atoms with Crippen LogP contribution in [0.25, 0.3) is 0 Å². The van der Waals surface area contributed by atoms with Gasteiger partial charge in [0.15, 0.2) is 6.10 Å². The van der Waals surface area contributed by atoms with Gasteiger partial charge in [0.05, 0.1) is 0 Å². The minimum atomic E-state index is -0.442. The standard InChI is InChI=1S/C17H25NO2/c1-12(2)11-18-17(19)13(3)20-16-10-6-8-14-7-4-5-9-15(14)16/h6,8,10,12-13H,4-5,7,9,11H2,1-3H3,(H,18,19). The number of nitrogens with one attached hydrogen (secondary N) is 1. The van der Waals surface area contributed by atoms with Crippen molar-refractivity contribution in [3.63, 3.8) is 0 Å². The first-order valence-corrected chi connectivity index (χ1v) is 7.63. The highest BCUT2D eigenvalue weighted by molar-refractivity contribution is 5.80. The predicted octanol–water partition coefficient (Wildman–Crippen LogP) is 3.10. The van der Waals surface area contributed by atoms with E-state index in [0.29, 0.717) is 12.5 Å². The van der Waals surface area contributed by atoms with Crippen molar-refractivity contribution in [2.24, 2.45) is 5.92 Å². The summed E-state index contributed by atoms with van der Waals surface area (Å²) in [5.74, 6) is 1.30. The molecule has 20 heavy (non-hydrogen) atoms. The summed E-state index contributed by atoms with van der Waals surface area (Å²) < 4.78 is 5.89. The number of fused-ring (bicyclic) bond motifs is 1. The molecular formula is C17H25NO2. The molecule has 1 aromatic rings. The van der Waals surface area contributed by atoms with Gasteiger partial charge in [0.25, 0.3) is 5.91 Å². The third-order valence-corrected chi connectivity index (χ3v) is 3.71. The smallest absolute Gasteiger partial charge is 0.260 e. The molecule has 1 aliphatic rings. The number of carbonyl (C=O) groups excluding carboxylic acids is 1. The Morgan fingerprint density at radius 1 is 1.25 bits per heavy atom. The second-order valence-corrected chi connectivity index (χ2v) is 6.00. The fraction of sp³-hybridized carbons (Fsp3) is 0.588. The lowest BCUT2D eigenvalue weighted by molar-refractivity contribution is -0.127. The normalized spacial score (nSPS) is 15.6. The van der Waals surface area contributed by atoms with Gasteiger partial charge in [-0.15, -0.1) is 0 Å². The van der Waals surface area contributed by atoms with Crippen LogP contribution in [0, 0.1) is 5.92 Å². The van der Waals surface area contributed by atoms with Gasteiger partial charge in [0.1, 0.15) is 5.75 Å². The highest BCUT2D eigenvalue weighted by Gasteiger charge is 2.19. The summed E-state index contributed by atoms with van der Waals surface area (Å²) in [5, 5.41) is 2.92. The molecule has 0 heterocycles. The molecule has 0 aromatic heterocycles. The third kappa shape index (κ3) is 3.75. The van der Waals surface area contributed by atoms with Crippen LogP contribution in [0.5, 0.6) is 5.75 Å². The first kappa shape index (κ1) is 14.9. The van der Waals surface area contributed by atoms with Crippen LogP contribution in [0.2, 0.25) is 0 Å². The highest BCUT2D eigenvalue weighted by Crippen LogP contribution is 2.30. The Labute approximate surface area is 121 Å². The number of rotatable bonds is 5. The van der Waals surface area contributed by atoms with Crippen LogP contribution in [0.4, 0.5) is 0 Å². The lowest BCUT2D eigenvalue weighted by atomic mass is 9.91.